The molecule has 0 unspecified atom stereocenters. The average Bonchev–Trinajstić information content (AvgIpc) is 3.79. The smallest absolute Gasteiger partial charge is 0.239 e. The molecule has 0 amide bonds. The predicted molar refractivity (Wildman–Crippen MR) is 193 cm³/mol. The summed E-state index contributed by atoms with van der Waals surface area (Å²) in [6.07, 6.45) is 1.85. The maximum Gasteiger partial charge on any atom is 0.239 e. The number of aromatic nitrogens is 6. The van der Waals surface area contributed by atoms with Crippen LogP contribution in [0.25, 0.3) is 87.6 Å². The minimum absolute atomic E-state index is 0.569. The van der Waals surface area contributed by atoms with Gasteiger partial charge in [0.15, 0.2) is 11.6 Å². The van der Waals surface area contributed by atoms with Crippen LogP contribution in [0, 0.1) is 0 Å². The number of benzene rings is 5. The molecule has 0 N–H and O–H groups in total. The highest BCUT2D eigenvalue weighted by atomic mass is 32.1. The van der Waals surface area contributed by atoms with Crippen molar-refractivity contribution in [3.63, 3.8) is 0 Å². The molecule has 6 nitrogen and oxygen atoms in total. The van der Waals surface area contributed by atoms with Gasteiger partial charge >= 0.3 is 0 Å². The maximum atomic E-state index is 5.15. The number of nitrogens with zero attached hydrogens (tertiary/aromatic N) is 6. The minimum Gasteiger partial charge on any atom is -0.309 e. The second kappa shape index (κ2) is 10.2. The molecule has 0 aliphatic carbocycles. The molecule has 0 radical (unpaired) electrons. The van der Waals surface area contributed by atoms with Gasteiger partial charge in [-0.15, -0.1) is 11.3 Å². The first kappa shape index (κ1) is 26.1. The van der Waals surface area contributed by atoms with Crippen LogP contribution in [0.4, 0.5) is 0 Å². The van der Waals surface area contributed by atoms with Crippen LogP contribution in [0.15, 0.2) is 146 Å². The summed E-state index contributed by atoms with van der Waals surface area (Å²) < 4.78 is 5.67. The van der Waals surface area contributed by atoms with Crippen LogP contribution >= 0.6 is 11.3 Å². The third kappa shape index (κ3) is 3.97. The van der Waals surface area contributed by atoms with E-state index >= 15 is 0 Å². The Morgan fingerprint density at radius 2 is 1.06 bits per heavy atom. The lowest BCUT2D eigenvalue weighted by atomic mass is 10.1. The van der Waals surface area contributed by atoms with Crippen molar-refractivity contribution in [1.82, 2.24) is 29.1 Å². The number of rotatable bonds is 4. The molecule has 0 saturated heterocycles. The molecule has 47 heavy (non-hydrogen) atoms. The molecule has 10 rings (SSSR count). The van der Waals surface area contributed by atoms with Crippen LogP contribution < -0.4 is 0 Å². The summed E-state index contributed by atoms with van der Waals surface area (Å²) in [4.78, 5) is 21.2. The zero-order valence-corrected chi connectivity index (χ0v) is 25.8. The minimum atomic E-state index is 0.569. The summed E-state index contributed by atoms with van der Waals surface area (Å²) >= 11 is 1.73. The normalized spacial score (nSPS) is 11.8. The van der Waals surface area contributed by atoms with Crippen LogP contribution in [-0.2, 0) is 0 Å². The van der Waals surface area contributed by atoms with Crippen molar-refractivity contribution >= 4 is 64.5 Å². The summed E-state index contributed by atoms with van der Waals surface area (Å²) in [5, 5.41) is 4.79. The first-order valence-corrected chi connectivity index (χ1v) is 16.3. The van der Waals surface area contributed by atoms with E-state index in [1.54, 1.807) is 11.3 Å². The second-order valence-corrected chi connectivity index (χ2v) is 12.6. The summed E-state index contributed by atoms with van der Waals surface area (Å²) in [6, 6.07) is 48.3. The SMILES string of the molecule is c1ccc(-c2nc(-c3ccc(-n4c5ccccc5c5ccccc54)cc3)nc(-n3c4cccnc4c4c5ccccc5sc43)n2)cc1. The highest BCUT2D eigenvalue weighted by Gasteiger charge is 2.22. The summed E-state index contributed by atoms with van der Waals surface area (Å²) in [6.45, 7) is 0. The van der Waals surface area contributed by atoms with E-state index in [0.717, 1.165) is 38.1 Å². The van der Waals surface area contributed by atoms with E-state index in [4.69, 9.17) is 19.9 Å². The Kier molecular flexibility index (Phi) is 5.64. The van der Waals surface area contributed by atoms with E-state index in [1.807, 2.05) is 42.6 Å². The van der Waals surface area contributed by atoms with Gasteiger partial charge in [0.1, 0.15) is 4.83 Å². The fourth-order valence-corrected chi connectivity index (χ4v) is 7.98. The van der Waals surface area contributed by atoms with E-state index < -0.39 is 0 Å². The van der Waals surface area contributed by atoms with Gasteiger partial charge in [0, 0.05) is 49.3 Å². The molecule has 5 aromatic heterocycles. The van der Waals surface area contributed by atoms with E-state index in [-0.39, 0.29) is 0 Å². The van der Waals surface area contributed by atoms with Gasteiger partial charge in [0.2, 0.25) is 5.95 Å². The van der Waals surface area contributed by atoms with Crippen molar-refractivity contribution in [1.29, 1.82) is 0 Å². The number of fused-ring (bicyclic) bond motifs is 8. The Bertz CT molecular complexity index is 2740. The predicted octanol–water partition coefficient (Wildman–Crippen LogP) is 10.0. The van der Waals surface area contributed by atoms with Gasteiger partial charge in [-0.1, -0.05) is 84.9 Å². The van der Waals surface area contributed by atoms with Crippen LogP contribution in [-0.4, -0.2) is 29.1 Å². The highest BCUT2D eigenvalue weighted by molar-refractivity contribution is 7.25. The summed E-state index contributed by atoms with van der Waals surface area (Å²) in [7, 11) is 0. The van der Waals surface area contributed by atoms with Crippen molar-refractivity contribution in [3.05, 3.63) is 146 Å². The van der Waals surface area contributed by atoms with Gasteiger partial charge in [0.05, 0.1) is 22.1 Å². The van der Waals surface area contributed by atoms with E-state index in [0.29, 0.717) is 17.6 Å². The Morgan fingerprint density at radius 3 is 1.79 bits per heavy atom. The third-order valence-electron chi connectivity index (χ3n) is 8.86. The number of hydrogen-bond donors (Lipinski definition) is 0. The van der Waals surface area contributed by atoms with Crippen molar-refractivity contribution in [2.75, 3.05) is 0 Å². The Hall–Kier alpha value is -6.18. The van der Waals surface area contributed by atoms with Crippen molar-refractivity contribution < 1.29 is 0 Å². The zero-order valence-electron chi connectivity index (χ0n) is 24.9. The van der Waals surface area contributed by atoms with Crippen molar-refractivity contribution in [2.24, 2.45) is 0 Å². The standard InChI is InChI=1S/C40H24N6S/c1-2-11-25(12-3-1)37-42-38(26-20-22-27(23-21-26)45-31-16-7-4-13-28(31)29-14-5-8-17-32(29)45)44-40(43-37)46-33-18-10-24-41-36(33)35-30-15-6-9-19-34(30)47-39(35)46/h1-24H. The Balaban J connectivity index is 1.19. The number of para-hydroxylation sites is 2. The molecule has 0 aliphatic rings. The van der Waals surface area contributed by atoms with Gasteiger partial charge < -0.3 is 4.57 Å². The molecule has 0 atom stereocenters. The molecule has 5 aromatic carbocycles. The lowest BCUT2D eigenvalue weighted by molar-refractivity contribution is 0.956. The average molecular weight is 621 g/mol. The quantitative estimate of drug-likeness (QED) is 0.196. The largest absolute Gasteiger partial charge is 0.309 e. The molecular formula is C40H24N6S. The highest BCUT2D eigenvalue weighted by Crippen LogP contribution is 2.41. The molecule has 0 fully saturated rings. The second-order valence-electron chi connectivity index (χ2n) is 11.6. The first-order valence-electron chi connectivity index (χ1n) is 15.5. The third-order valence-corrected chi connectivity index (χ3v) is 10.0. The number of hydrogen-bond acceptors (Lipinski definition) is 5. The fourth-order valence-electron chi connectivity index (χ4n) is 6.77. The monoisotopic (exact) mass is 620 g/mol. The van der Waals surface area contributed by atoms with Crippen LogP contribution in [0.5, 0.6) is 0 Å². The molecular weight excluding hydrogens is 597 g/mol. The van der Waals surface area contributed by atoms with Gasteiger partial charge in [-0.3, -0.25) is 9.55 Å². The van der Waals surface area contributed by atoms with Crippen LogP contribution in [0.2, 0.25) is 0 Å². The van der Waals surface area contributed by atoms with E-state index in [1.165, 1.54) is 31.9 Å². The Labute approximate surface area is 272 Å². The van der Waals surface area contributed by atoms with Crippen LogP contribution in [0.1, 0.15) is 0 Å². The zero-order chi connectivity index (χ0) is 30.9. The Morgan fingerprint density at radius 1 is 0.468 bits per heavy atom. The van der Waals surface area contributed by atoms with Gasteiger partial charge in [-0.25, -0.2) is 4.98 Å². The van der Waals surface area contributed by atoms with Gasteiger partial charge in [0.25, 0.3) is 0 Å². The molecule has 0 aliphatic heterocycles. The molecule has 0 bridgehead atoms. The molecule has 0 saturated carbocycles. The van der Waals surface area contributed by atoms with Crippen molar-refractivity contribution in [3.8, 4) is 34.4 Å². The molecule has 10 aromatic rings. The molecule has 7 heteroatoms. The van der Waals surface area contributed by atoms with E-state index in [2.05, 4.69) is 112 Å². The number of pyridine rings is 1. The topological polar surface area (TPSA) is 61.4 Å². The molecule has 220 valence electrons. The first-order chi connectivity index (χ1) is 23.3. The van der Waals surface area contributed by atoms with Crippen LogP contribution in [0.3, 0.4) is 0 Å². The number of thiophene rings is 1. The van der Waals surface area contributed by atoms with Gasteiger partial charge in [-0.05, 0) is 54.6 Å². The van der Waals surface area contributed by atoms with E-state index in [9.17, 15) is 0 Å². The molecule has 5 heterocycles. The molecule has 0 spiro atoms. The lowest BCUT2D eigenvalue weighted by Crippen LogP contribution is -2.06. The fraction of sp³-hybridized carbons (Fsp3) is 0. The summed E-state index contributed by atoms with van der Waals surface area (Å²) in [5.74, 6) is 1.81. The van der Waals surface area contributed by atoms with Crippen molar-refractivity contribution in [2.45, 2.75) is 0 Å². The van der Waals surface area contributed by atoms with Gasteiger partial charge in [-0.2, -0.15) is 9.97 Å². The summed E-state index contributed by atoms with van der Waals surface area (Å²) in [5.41, 5.74) is 7.19. The lowest BCUT2D eigenvalue weighted by Gasteiger charge is -2.11. The maximum absolute atomic E-state index is 5.15.